The fraction of sp³-hybridized carbons (Fsp3) is 0. The Balaban J connectivity index is 1.82. The quantitative estimate of drug-likeness (QED) is 0.193. The number of hydrogen-bond donors (Lipinski definition) is 4. The van der Waals surface area contributed by atoms with Gasteiger partial charge in [0, 0.05) is 0 Å². The van der Waals surface area contributed by atoms with E-state index in [-0.39, 0.29) is 8.70 Å². The van der Waals surface area contributed by atoms with Crippen LogP contribution in [0.15, 0.2) is 97.1 Å². The van der Waals surface area contributed by atoms with Gasteiger partial charge in [-0.05, 0) is 0 Å². The third-order valence-electron chi connectivity index (χ3n) is 5.92. The molecule has 8 heteroatoms. The van der Waals surface area contributed by atoms with Gasteiger partial charge in [-0.1, -0.05) is 0 Å². The molecule has 0 aliphatic rings. The Bertz CT molecular complexity index is 1450. The van der Waals surface area contributed by atoms with Crippen molar-refractivity contribution >= 4 is 58.6 Å². The zero-order valence-corrected chi connectivity index (χ0v) is 21.5. The summed E-state index contributed by atoms with van der Waals surface area (Å²) < 4.78 is 61.7. The first kappa shape index (κ1) is 22.9. The summed E-state index contributed by atoms with van der Waals surface area (Å²) in [5, 5.41) is 3.87. The summed E-state index contributed by atoms with van der Waals surface area (Å²) >= 11 is -9.98. The molecule has 0 aromatic heterocycles. The van der Waals surface area contributed by atoms with E-state index in [1.54, 1.807) is 24.3 Å². The van der Waals surface area contributed by atoms with Crippen molar-refractivity contribution in [3.8, 4) is 22.3 Å². The molecule has 34 heavy (non-hydrogen) atoms. The molecule has 0 saturated heterocycles. The van der Waals surface area contributed by atoms with Gasteiger partial charge in [0.25, 0.3) is 0 Å². The SMILES string of the molecule is O=[As](O)(O)c1ccc(-c2c3ccccc3c(-c3ccc([As](=O)(O)O)cc3)c3ccccc23)cc1. The Kier molecular flexibility index (Phi) is 5.69. The monoisotopic (exact) mass is 578 g/mol. The van der Waals surface area contributed by atoms with E-state index in [1.807, 2.05) is 48.5 Å². The Morgan fingerprint density at radius 1 is 0.412 bits per heavy atom. The second-order valence-electron chi connectivity index (χ2n) is 8.02. The molecule has 0 amide bonds. The topological polar surface area (TPSA) is 115 Å². The van der Waals surface area contributed by atoms with Crippen molar-refractivity contribution in [1.82, 2.24) is 0 Å². The van der Waals surface area contributed by atoms with E-state index in [0.29, 0.717) is 0 Å². The zero-order valence-electron chi connectivity index (χ0n) is 17.7. The van der Waals surface area contributed by atoms with Gasteiger partial charge in [-0.3, -0.25) is 0 Å². The second-order valence-corrected chi connectivity index (χ2v) is 14.8. The van der Waals surface area contributed by atoms with Crippen LogP contribution >= 0.6 is 0 Å². The molecule has 4 N–H and O–H groups in total. The minimum absolute atomic E-state index is 0.0267. The predicted octanol–water partition coefficient (Wildman–Crippen LogP) is 2.45. The summed E-state index contributed by atoms with van der Waals surface area (Å²) in [5.74, 6) is 0. The van der Waals surface area contributed by atoms with Crippen LogP contribution in [0.4, 0.5) is 0 Å². The Morgan fingerprint density at radius 3 is 0.912 bits per heavy atom. The molecule has 0 aliphatic carbocycles. The van der Waals surface area contributed by atoms with Gasteiger partial charge in [0.15, 0.2) is 0 Å². The Hall–Kier alpha value is -2.82. The van der Waals surface area contributed by atoms with Crippen LogP contribution in [0.1, 0.15) is 0 Å². The van der Waals surface area contributed by atoms with Gasteiger partial charge in [0.1, 0.15) is 0 Å². The molecule has 170 valence electrons. The summed E-state index contributed by atoms with van der Waals surface area (Å²) in [5.41, 5.74) is 3.58. The molecule has 0 saturated carbocycles. The molecule has 0 fully saturated rings. The molecule has 5 rings (SSSR count). The van der Waals surface area contributed by atoms with Crippen molar-refractivity contribution in [2.75, 3.05) is 0 Å². The van der Waals surface area contributed by atoms with E-state index < -0.39 is 28.3 Å². The van der Waals surface area contributed by atoms with Crippen molar-refractivity contribution in [3.05, 3.63) is 97.1 Å². The van der Waals surface area contributed by atoms with Gasteiger partial charge in [-0.15, -0.1) is 0 Å². The minimum atomic E-state index is -4.99. The number of rotatable bonds is 4. The third kappa shape index (κ3) is 4.10. The molecule has 0 heterocycles. The maximum absolute atomic E-state index is 11.7. The van der Waals surface area contributed by atoms with Gasteiger partial charge in [0.2, 0.25) is 0 Å². The van der Waals surface area contributed by atoms with Gasteiger partial charge >= 0.3 is 202 Å². The van der Waals surface area contributed by atoms with Crippen LogP contribution in [0, 0.1) is 0 Å². The van der Waals surface area contributed by atoms with Crippen molar-refractivity contribution in [2.24, 2.45) is 0 Å². The van der Waals surface area contributed by atoms with Gasteiger partial charge in [-0.2, -0.15) is 0 Å². The predicted molar refractivity (Wildman–Crippen MR) is 133 cm³/mol. The number of hydrogen-bond acceptors (Lipinski definition) is 2. The normalized spacial score (nSPS) is 12.4. The average Bonchev–Trinajstić information content (AvgIpc) is 2.81. The number of fused-ring (bicyclic) bond motifs is 2. The molecule has 0 atom stereocenters. The molecule has 0 radical (unpaired) electrons. The Labute approximate surface area is 201 Å². The van der Waals surface area contributed by atoms with Crippen LogP contribution < -0.4 is 8.70 Å². The van der Waals surface area contributed by atoms with Crippen molar-refractivity contribution < 1.29 is 23.9 Å². The summed E-state index contributed by atoms with van der Waals surface area (Å²) in [6.07, 6.45) is 0. The molecule has 0 unspecified atom stereocenters. The van der Waals surface area contributed by atoms with E-state index >= 15 is 0 Å². The van der Waals surface area contributed by atoms with Crippen LogP contribution in [0.2, 0.25) is 0 Å². The molecule has 0 bridgehead atoms. The molecular formula is C26H20As2O6. The van der Waals surface area contributed by atoms with Gasteiger partial charge in [-0.25, -0.2) is 0 Å². The maximum atomic E-state index is 11.7. The summed E-state index contributed by atoms with van der Waals surface area (Å²) in [6, 6.07) is 28.7. The first-order valence-corrected chi connectivity index (χ1v) is 17.2. The summed E-state index contributed by atoms with van der Waals surface area (Å²) in [7, 11) is 0. The molecule has 5 aromatic rings. The molecule has 6 nitrogen and oxygen atoms in total. The number of benzene rings is 5. The van der Waals surface area contributed by atoms with Crippen LogP contribution in [-0.2, 0) is 7.48 Å². The van der Waals surface area contributed by atoms with Crippen molar-refractivity contribution in [1.29, 1.82) is 0 Å². The van der Waals surface area contributed by atoms with Crippen LogP contribution in [0.5, 0.6) is 0 Å². The zero-order chi connectivity index (χ0) is 24.1. The average molecular weight is 578 g/mol. The standard InChI is InChI=1S/C26H20As2O6/c29-27(30,31)19-13-9-17(10-14-19)25-21-5-1-2-6-22(21)26(24-8-4-3-7-23(24)25)18-11-15-20(16-12-18)28(32,33)34/h1-16H,(H2,29,30,31)(H2,32,33,34). The summed E-state index contributed by atoms with van der Waals surface area (Å²) in [6.45, 7) is 0. The van der Waals surface area contributed by atoms with Crippen LogP contribution in [-0.4, -0.2) is 44.7 Å². The molecule has 5 aromatic carbocycles. The van der Waals surface area contributed by atoms with E-state index in [4.69, 9.17) is 0 Å². The third-order valence-corrected chi connectivity index (χ3v) is 9.99. The van der Waals surface area contributed by atoms with Crippen LogP contribution in [0.3, 0.4) is 0 Å². The second kappa shape index (κ2) is 8.44. The van der Waals surface area contributed by atoms with Crippen molar-refractivity contribution in [3.63, 3.8) is 0 Å². The first-order chi connectivity index (χ1) is 16.1. The molecule has 0 aliphatic heterocycles. The molecular weight excluding hydrogens is 558 g/mol. The fourth-order valence-electron chi connectivity index (χ4n) is 4.40. The van der Waals surface area contributed by atoms with Gasteiger partial charge in [0.05, 0.1) is 0 Å². The first-order valence-electron chi connectivity index (χ1n) is 10.4. The Morgan fingerprint density at radius 2 is 0.676 bits per heavy atom. The van der Waals surface area contributed by atoms with Gasteiger partial charge < -0.3 is 0 Å². The van der Waals surface area contributed by atoms with Crippen molar-refractivity contribution in [2.45, 2.75) is 0 Å². The van der Waals surface area contributed by atoms with E-state index in [0.717, 1.165) is 43.8 Å². The van der Waals surface area contributed by atoms with Crippen LogP contribution in [0.25, 0.3) is 43.8 Å². The van der Waals surface area contributed by atoms with E-state index in [1.165, 1.54) is 24.3 Å². The van der Waals surface area contributed by atoms with E-state index in [2.05, 4.69) is 0 Å². The molecule has 0 spiro atoms. The van der Waals surface area contributed by atoms with E-state index in [9.17, 15) is 23.9 Å². The fourth-order valence-corrected chi connectivity index (χ4v) is 6.65. The summed E-state index contributed by atoms with van der Waals surface area (Å²) in [4.78, 5) is 0.